The van der Waals surface area contributed by atoms with Crippen molar-refractivity contribution in [2.24, 2.45) is 5.92 Å². The van der Waals surface area contributed by atoms with E-state index in [9.17, 15) is 18.3 Å². The maximum atomic E-state index is 12.9. The Hall–Kier alpha value is -2.22. The van der Waals surface area contributed by atoms with Crippen LogP contribution >= 0.6 is 0 Å². The molecule has 2 aromatic carbocycles. The van der Waals surface area contributed by atoms with E-state index in [2.05, 4.69) is 24.5 Å². The van der Waals surface area contributed by atoms with Gasteiger partial charge in [-0.2, -0.15) is 0 Å². The third-order valence-corrected chi connectivity index (χ3v) is 7.41. The number of nitrogens with one attached hydrogen (secondary N) is 2. The van der Waals surface area contributed by atoms with E-state index in [-0.39, 0.29) is 23.2 Å². The first-order valence-corrected chi connectivity index (χ1v) is 12.0. The molecule has 3 rings (SSSR count). The van der Waals surface area contributed by atoms with Crippen molar-refractivity contribution in [1.29, 1.82) is 0 Å². The molecule has 2 aromatic rings. The van der Waals surface area contributed by atoms with E-state index in [1.54, 1.807) is 31.2 Å². The fourth-order valence-electron chi connectivity index (χ4n) is 3.90. The normalized spacial score (nSPS) is 17.0. The third-order valence-electron chi connectivity index (χ3n) is 5.66. The Morgan fingerprint density at radius 1 is 1.20 bits per heavy atom. The largest absolute Gasteiger partial charge is 0.396 e. The number of hydrogen-bond donors (Lipinski definition) is 3. The van der Waals surface area contributed by atoms with E-state index in [0.29, 0.717) is 23.9 Å². The van der Waals surface area contributed by atoms with E-state index in [4.69, 9.17) is 0 Å². The maximum absolute atomic E-state index is 12.9. The second-order valence-corrected chi connectivity index (χ2v) is 10.3. The molecule has 2 atom stereocenters. The van der Waals surface area contributed by atoms with Crippen molar-refractivity contribution in [2.45, 2.75) is 50.7 Å². The van der Waals surface area contributed by atoms with Crippen LogP contribution in [0, 0.1) is 5.92 Å². The van der Waals surface area contributed by atoms with Crippen LogP contribution in [-0.2, 0) is 16.4 Å². The van der Waals surface area contributed by atoms with Crippen molar-refractivity contribution in [1.82, 2.24) is 10.6 Å². The number of hydrogen-bond acceptors (Lipinski definition) is 5. The van der Waals surface area contributed by atoms with Gasteiger partial charge in [-0.05, 0) is 53.3 Å². The van der Waals surface area contributed by atoms with Crippen LogP contribution in [0.25, 0.3) is 0 Å². The zero-order chi connectivity index (χ0) is 21.9. The van der Waals surface area contributed by atoms with Gasteiger partial charge in [0.05, 0.1) is 16.7 Å². The molecular formula is C23H30N2O4S. The highest BCUT2D eigenvalue weighted by atomic mass is 32.2. The monoisotopic (exact) mass is 430 g/mol. The molecule has 1 amide bonds. The highest BCUT2D eigenvalue weighted by molar-refractivity contribution is 7.91. The maximum Gasteiger partial charge on any atom is 0.251 e. The van der Waals surface area contributed by atoms with Crippen molar-refractivity contribution in [2.75, 3.05) is 12.4 Å². The number of aliphatic hydroxyl groups is 1. The van der Waals surface area contributed by atoms with Crippen LogP contribution in [0.2, 0.25) is 0 Å². The molecule has 0 saturated carbocycles. The molecule has 0 bridgehead atoms. The Kier molecular flexibility index (Phi) is 6.95. The lowest BCUT2D eigenvalue weighted by Crippen LogP contribution is -2.29. The Morgan fingerprint density at radius 3 is 2.50 bits per heavy atom. The van der Waals surface area contributed by atoms with E-state index < -0.39 is 15.9 Å². The fourth-order valence-corrected chi connectivity index (χ4v) is 4.78. The predicted octanol–water partition coefficient (Wildman–Crippen LogP) is 3.13. The lowest BCUT2D eigenvalue weighted by atomic mass is 9.94. The van der Waals surface area contributed by atoms with Crippen molar-refractivity contribution in [3.05, 3.63) is 64.7 Å². The molecule has 1 aliphatic heterocycles. The Labute approximate surface area is 178 Å². The molecule has 6 nitrogen and oxygen atoms in total. The standard InChI is InChI=1S/C23H30N2O4S/c1-4-30(28,29)19-8-5-16(6-9-19)21(11-12-26)25-23(27)17-7-10-20-18(13-17)14-24-22(20)15(2)3/h5-10,13,15,21-22,24,26H,4,11-12,14H2,1-3H3,(H,25,27)/t21-,22-/m0/s1. The van der Waals surface area contributed by atoms with Gasteiger partial charge in [0.15, 0.2) is 9.84 Å². The zero-order valence-corrected chi connectivity index (χ0v) is 18.5. The highest BCUT2D eigenvalue weighted by Gasteiger charge is 2.25. The summed E-state index contributed by atoms with van der Waals surface area (Å²) in [7, 11) is -3.28. The van der Waals surface area contributed by atoms with Crippen LogP contribution in [0.4, 0.5) is 0 Å². The highest BCUT2D eigenvalue weighted by Crippen LogP contribution is 2.31. The van der Waals surface area contributed by atoms with Crippen molar-refractivity contribution < 1.29 is 18.3 Å². The van der Waals surface area contributed by atoms with Gasteiger partial charge in [-0.15, -0.1) is 0 Å². The molecule has 162 valence electrons. The molecule has 0 spiro atoms. The summed E-state index contributed by atoms with van der Waals surface area (Å²) in [6, 6.07) is 12.2. The molecule has 3 N–H and O–H groups in total. The summed E-state index contributed by atoms with van der Waals surface area (Å²) in [4.78, 5) is 13.1. The van der Waals surface area contributed by atoms with Gasteiger partial charge >= 0.3 is 0 Å². The first kappa shape index (κ1) is 22.5. The minimum atomic E-state index is -3.28. The van der Waals surface area contributed by atoms with Gasteiger partial charge in [-0.3, -0.25) is 4.79 Å². The van der Waals surface area contributed by atoms with Crippen LogP contribution in [0.1, 0.15) is 66.3 Å². The summed E-state index contributed by atoms with van der Waals surface area (Å²) in [6.45, 7) is 6.60. The minimum Gasteiger partial charge on any atom is -0.396 e. The van der Waals surface area contributed by atoms with Gasteiger partial charge in [-0.25, -0.2) is 8.42 Å². The number of aliphatic hydroxyl groups excluding tert-OH is 1. The molecule has 1 aliphatic rings. The summed E-state index contributed by atoms with van der Waals surface area (Å²) < 4.78 is 24.0. The number of rotatable bonds is 8. The quantitative estimate of drug-likeness (QED) is 0.598. The van der Waals surface area contributed by atoms with Gasteiger partial charge in [0.25, 0.3) is 5.91 Å². The van der Waals surface area contributed by atoms with Crippen LogP contribution in [0.5, 0.6) is 0 Å². The van der Waals surface area contributed by atoms with Gasteiger partial charge in [-0.1, -0.05) is 39.0 Å². The van der Waals surface area contributed by atoms with E-state index in [0.717, 1.165) is 17.7 Å². The number of carbonyl (C=O) groups excluding carboxylic acids is 1. The molecule has 0 aliphatic carbocycles. The second-order valence-electron chi connectivity index (χ2n) is 8.03. The third kappa shape index (κ3) is 4.74. The Bertz CT molecular complexity index is 1000. The van der Waals surface area contributed by atoms with Crippen molar-refractivity contribution >= 4 is 15.7 Å². The molecule has 0 unspecified atom stereocenters. The van der Waals surface area contributed by atoms with Crippen LogP contribution < -0.4 is 10.6 Å². The lowest BCUT2D eigenvalue weighted by Gasteiger charge is -2.19. The first-order chi connectivity index (χ1) is 14.3. The van der Waals surface area contributed by atoms with Crippen LogP contribution in [0.15, 0.2) is 47.4 Å². The minimum absolute atomic E-state index is 0.0357. The Balaban J connectivity index is 1.78. The van der Waals surface area contributed by atoms with Gasteiger partial charge in [0.2, 0.25) is 0 Å². The second kappa shape index (κ2) is 9.29. The average Bonchev–Trinajstić information content (AvgIpc) is 3.17. The molecular weight excluding hydrogens is 400 g/mol. The molecule has 0 radical (unpaired) electrons. The number of benzene rings is 2. The van der Waals surface area contributed by atoms with Crippen LogP contribution in [-0.4, -0.2) is 31.8 Å². The summed E-state index contributed by atoms with van der Waals surface area (Å²) in [5.74, 6) is 0.294. The predicted molar refractivity (Wildman–Crippen MR) is 117 cm³/mol. The SMILES string of the molecule is CCS(=O)(=O)c1ccc([C@H](CCO)NC(=O)c2ccc3c(c2)CN[C@H]3C(C)C)cc1. The van der Waals surface area contributed by atoms with E-state index >= 15 is 0 Å². The number of amides is 1. The molecule has 0 saturated heterocycles. The topological polar surface area (TPSA) is 95.5 Å². The first-order valence-electron chi connectivity index (χ1n) is 10.4. The van der Waals surface area contributed by atoms with Crippen LogP contribution in [0.3, 0.4) is 0 Å². The number of sulfone groups is 1. The van der Waals surface area contributed by atoms with Gasteiger partial charge < -0.3 is 15.7 Å². The number of fused-ring (bicyclic) bond motifs is 1. The molecule has 0 fully saturated rings. The molecule has 7 heteroatoms. The molecule has 30 heavy (non-hydrogen) atoms. The summed E-state index contributed by atoms with van der Waals surface area (Å²) in [5.41, 5.74) is 3.71. The smallest absolute Gasteiger partial charge is 0.251 e. The van der Waals surface area contributed by atoms with Crippen molar-refractivity contribution in [3.63, 3.8) is 0 Å². The fraction of sp³-hybridized carbons (Fsp3) is 0.435. The van der Waals surface area contributed by atoms with Gasteiger partial charge in [0, 0.05) is 24.8 Å². The number of carbonyl (C=O) groups is 1. The molecule has 0 aromatic heterocycles. The Morgan fingerprint density at radius 2 is 1.90 bits per heavy atom. The summed E-state index contributed by atoms with van der Waals surface area (Å²) in [6.07, 6.45) is 0.341. The summed E-state index contributed by atoms with van der Waals surface area (Å²) >= 11 is 0. The van der Waals surface area contributed by atoms with Gasteiger partial charge in [0.1, 0.15) is 0 Å². The lowest BCUT2D eigenvalue weighted by molar-refractivity contribution is 0.0930. The molecule has 1 heterocycles. The van der Waals surface area contributed by atoms with E-state index in [1.807, 2.05) is 18.2 Å². The summed E-state index contributed by atoms with van der Waals surface area (Å²) in [5, 5.41) is 15.9. The van der Waals surface area contributed by atoms with Crippen molar-refractivity contribution in [3.8, 4) is 0 Å². The van der Waals surface area contributed by atoms with E-state index in [1.165, 1.54) is 5.56 Å². The average molecular weight is 431 g/mol. The zero-order valence-electron chi connectivity index (χ0n) is 17.7.